The minimum absolute atomic E-state index is 0.130. The van der Waals surface area contributed by atoms with E-state index in [1.165, 1.54) is 18.6 Å². The van der Waals surface area contributed by atoms with Gasteiger partial charge < -0.3 is 15.7 Å². The van der Waals surface area contributed by atoms with Gasteiger partial charge in [-0.15, -0.1) is 0 Å². The second kappa shape index (κ2) is 11.0. The molecule has 112 valence electrons. The number of carboxylic acids is 1. The lowest BCUT2D eigenvalue weighted by Gasteiger charge is -2.18. The molecule has 0 heterocycles. The number of hydrogen-bond acceptors (Lipinski definition) is 3. The first-order valence-electron chi connectivity index (χ1n) is 6.75. The average Bonchev–Trinajstić information content (AvgIpc) is 2.34. The van der Waals surface area contributed by atoms with E-state index in [1.807, 2.05) is 11.8 Å². The van der Waals surface area contributed by atoms with Gasteiger partial charge in [-0.1, -0.05) is 26.7 Å². The molecule has 0 rings (SSSR count). The number of carbonyl (C=O) groups excluding carboxylic acids is 1. The molecule has 3 N–H and O–H groups in total. The molecular formula is C13H26N2O3S. The molecular weight excluding hydrogens is 264 g/mol. The first kappa shape index (κ1) is 18.1. The summed E-state index contributed by atoms with van der Waals surface area (Å²) in [6.45, 7) is 4.13. The highest BCUT2D eigenvalue weighted by atomic mass is 32.2. The van der Waals surface area contributed by atoms with Crippen LogP contribution in [0.1, 0.15) is 39.5 Å². The van der Waals surface area contributed by atoms with Gasteiger partial charge in [0.1, 0.15) is 6.04 Å². The fourth-order valence-electron chi connectivity index (χ4n) is 1.63. The van der Waals surface area contributed by atoms with Crippen molar-refractivity contribution in [2.45, 2.75) is 45.6 Å². The van der Waals surface area contributed by atoms with Gasteiger partial charge >= 0.3 is 12.0 Å². The van der Waals surface area contributed by atoms with Gasteiger partial charge in [-0.05, 0) is 30.8 Å². The second-order valence-electron chi connectivity index (χ2n) is 4.87. The maximum atomic E-state index is 11.5. The van der Waals surface area contributed by atoms with Gasteiger partial charge in [-0.25, -0.2) is 9.59 Å². The second-order valence-corrected chi connectivity index (χ2v) is 5.85. The predicted octanol–water partition coefficient (Wildman–Crippen LogP) is 2.32. The number of urea groups is 1. The number of amides is 2. The third kappa shape index (κ3) is 9.64. The van der Waals surface area contributed by atoms with Crippen LogP contribution in [-0.4, -0.2) is 41.7 Å². The van der Waals surface area contributed by atoms with E-state index >= 15 is 0 Å². The summed E-state index contributed by atoms with van der Waals surface area (Å²) >= 11 is 1.85. The molecule has 0 bridgehead atoms. The lowest BCUT2D eigenvalue weighted by molar-refractivity contribution is -0.140. The number of aliphatic carboxylic acids is 1. The van der Waals surface area contributed by atoms with Gasteiger partial charge in [-0.3, -0.25) is 0 Å². The van der Waals surface area contributed by atoms with Gasteiger partial charge in [0.2, 0.25) is 0 Å². The zero-order chi connectivity index (χ0) is 14.7. The first-order valence-corrected chi connectivity index (χ1v) is 8.14. The maximum Gasteiger partial charge on any atom is 0.326 e. The lowest BCUT2D eigenvalue weighted by atomic mass is 10.1. The van der Waals surface area contributed by atoms with E-state index in [9.17, 15) is 9.59 Å². The van der Waals surface area contributed by atoms with Crippen molar-refractivity contribution in [2.75, 3.05) is 18.6 Å². The minimum atomic E-state index is -0.998. The highest BCUT2D eigenvalue weighted by Gasteiger charge is 2.22. The Kier molecular flexibility index (Phi) is 10.4. The Bertz CT molecular complexity index is 273. The summed E-state index contributed by atoms with van der Waals surface area (Å²) in [4.78, 5) is 22.4. The van der Waals surface area contributed by atoms with Crippen LogP contribution in [-0.2, 0) is 4.79 Å². The van der Waals surface area contributed by atoms with Gasteiger partial charge in [0.25, 0.3) is 0 Å². The molecule has 0 aromatic rings. The van der Waals surface area contributed by atoms with E-state index in [0.717, 1.165) is 12.8 Å². The molecule has 19 heavy (non-hydrogen) atoms. The number of nitrogens with one attached hydrogen (secondary N) is 2. The van der Waals surface area contributed by atoms with Crippen molar-refractivity contribution >= 4 is 23.8 Å². The first-order chi connectivity index (χ1) is 8.99. The Morgan fingerprint density at radius 1 is 1.16 bits per heavy atom. The number of hydrogen-bond donors (Lipinski definition) is 3. The monoisotopic (exact) mass is 290 g/mol. The normalized spacial score (nSPS) is 12.2. The summed E-state index contributed by atoms with van der Waals surface area (Å²) in [6.07, 6.45) is 6.50. The minimum Gasteiger partial charge on any atom is -0.480 e. The Hall–Kier alpha value is -0.910. The molecule has 1 atom stereocenters. The number of unbranched alkanes of at least 4 members (excludes halogenated alkanes) is 3. The van der Waals surface area contributed by atoms with Crippen molar-refractivity contribution < 1.29 is 14.7 Å². The Morgan fingerprint density at radius 3 is 2.32 bits per heavy atom. The molecule has 0 fully saturated rings. The fourth-order valence-corrected chi connectivity index (χ4v) is 2.13. The SMILES string of the molecule is CSCCCCCCNC(=O)N[C@@H](C(=O)O)C(C)C. The van der Waals surface area contributed by atoms with E-state index in [2.05, 4.69) is 16.9 Å². The van der Waals surface area contributed by atoms with E-state index in [4.69, 9.17) is 5.11 Å². The molecule has 0 unspecified atom stereocenters. The summed E-state index contributed by atoms with van der Waals surface area (Å²) in [5.74, 6) is 0.0554. The Balaban J connectivity index is 3.66. The Labute approximate surface area is 119 Å². The van der Waals surface area contributed by atoms with Gasteiger partial charge in [0.15, 0.2) is 0 Å². The summed E-state index contributed by atoms with van der Waals surface area (Å²) in [5, 5.41) is 14.1. The average molecular weight is 290 g/mol. The predicted molar refractivity (Wildman–Crippen MR) is 79.6 cm³/mol. The van der Waals surface area contributed by atoms with Crippen molar-refractivity contribution in [3.63, 3.8) is 0 Å². The maximum absolute atomic E-state index is 11.5. The molecule has 2 amide bonds. The van der Waals surface area contributed by atoms with Crippen molar-refractivity contribution in [1.82, 2.24) is 10.6 Å². The molecule has 0 aliphatic carbocycles. The van der Waals surface area contributed by atoms with E-state index in [-0.39, 0.29) is 5.92 Å². The summed E-state index contributed by atoms with van der Waals surface area (Å²) in [6, 6.07) is -1.23. The quantitative estimate of drug-likeness (QED) is 0.540. The molecule has 0 saturated heterocycles. The van der Waals surface area contributed by atoms with Crippen LogP contribution in [0.15, 0.2) is 0 Å². The van der Waals surface area contributed by atoms with Crippen molar-refractivity contribution in [3.05, 3.63) is 0 Å². The van der Waals surface area contributed by atoms with Gasteiger partial charge in [0, 0.05) is 6.54 Å². The number of carboxylic acid groups (broad SMARTS) is 1. The van der Waals surface area contributed by atoms with Crippen LogP contribution in [0, 0.1) is 5.92 Å². The number of thioether (sulfide) groups is 1. The van der Waals surface area contributed by atoms with Crippen molar-refractivity contribution in [1.29, 1.82) is 0 Å². The summed E-state index contributed by atoms with van der Waals surface area (Å²) < 4.78 is 0. The third-order valence-electron chi connectivity index (χ3n) is 2.78. The van der Waals surface area contributed by atoms with E-state index in [0.29, 0.717) is 6.54 Å². The van der Waals surface area contributed by atoms with Crippen LogP contribution in [0.5, 0.6) is 0 Å². The molecule has 0 saturated carbocycles. The van der Waals surface area contributed by atoms with Crippen molar-refractivity contribution in [2.24, 2.45) is 5.92 Å². The number of rotatable bonds is 10. The van der Waals surface area contributed by atoms with Crippen LogP contribution in [0.2, 0.25) is 0 Å². The van der Waals surface area contributed by atoms with Gasteiger partial charge in [-0.2, -0.15) is 11.8 Å². The van der Waals surface area contributed by atoms with Crippen molar-refractivity contribution in [3.8, 4) is 0 Å². The zero-order valence-corrected chi connectivity index (χ0v) is 12.9. The molecule has 6 heteroatoms. The Morgan fingerprint density at radius 2 is 1.79 bits per heavy atom. The van der Waals surface area contributed by atoms with Crippen LogP contribution in [0.25, 0.3) is 0 Å². The largest absolute Gasteiger partial charge is 0.480 e. The molecule has 0 aliphatic rings. The molecule has 5 nitrogen and oxygen atoms in total. The third-order valence-corrected chi connectivity index (χ3v) is 3.48. The van der Waals surface area contributed by atoms with Crippen LogP contribution >= 0.6 is 11.8 Å². The summed E-state index contributed by atoms with van der Waals surface area (Å²) in [5.41, 5.74) is 0. The highest BCUT2D eigenvalue weighted by Crippen LogP contribution is 2.04. The molecule has 0 spiro atoms. The van der Waals surface area contributed by atoms with Crippen LogP contribution in [0.4, 0.5) is 4.79 Å². The summed E-state index contributed by atoms with van der Waals surface area (Å²) in [7, 11) is 0. The van der Waals surface area contributed by atoms with E-state index < -0.39 is 18.0 Å². The molecule has 0 radical (unpaired) electrons. The van der Waals surface area contributed by atoms with Crippen LogP contribution < -0.4 is 10.6 Å². The topological polar surface area (TPSA) is 78.4 Å². The highest BCUT2D eigenvalue weighted by molar-refractivity contribution is 7.98. The van der Waals surface area contributed by atoms with E-state index in [1.54, 1.807) is 13.8 Å². The molecule has 0 aliphatic heterocycles. The van der Waals surface area contributed by atoms with Crippen LogP contribution in [0.3, 0.4) is 0 Å². The molecule has 0 aromatic heterocycles. The lowest BCUT2D eigenvalue weighted by Crippen LogP contribution is -2.48. The zero-order valence-electron chi connectivity index (χ0n) is 12.1. The fraction of sp³-hybridized carbons (Fsp3) is 0.846. The smallest absolute Gasteiger partial charge is 0.326 e. The standard InChI is InChI=1S/C13H26N2O3S/c1-10(2)11(12(16)17)15-13(18)14-8-6-4-5-7-9-19-3/h10-11H,4-9H2,1-3H3,(H,16,17)(H2,14,15,18)/t11-/m1/s1. The van der Waals surface area contributed by atoms with Gasteiger partial charge in [0.05, 0.1) is 0 Å². The number of carbonyl (C=O) groups is 2. The molecule has 0 aromatic carbocycles.